The van der Waals surface area contributed by atoms with Crippen LogP contribution in [0, 0.1) is 10.8 Å². The van der Waals surface area contributed by atoms with Crippen molar-refractivity contribution in [3.8, 4) is 0 Å². The Bertz CT molecular complexity index is 653. The number of amides is 2. The molecule has 0 spiro atoms. The Balaban J connectivity index is 1.72. The van der Waals surface area contributed by atoms with E-state index in [0.29, 0.717) is 17.0 Å². The quantitative estimate of drug-likeness (QED) is 0.891. The first-order valence-corrected chi connectivity index (χ1v) is 8.54. The Kier molecular flexibility index (Phi) is 4.06. The Hall–Kier alpha value is -2.04. The molecule has 5 heteroatoms. The molecule has 2 bridgehead atoms. The Morgan fingerprint density at radius 3 is 2.50 bits per heavy atom. The van der Waals surface area contributed by atoms with Gasteiger partial charge in [-0.2, -0.15) is 0 Å². The lowest BCUT2D eigenvalue weighted by Gasteiger charge is -2.39. The molecule has 130 valence electrons. The van der Waals surface area contributed by atoms with E-state index in [2.05, 4.69) is 31.0 Å². The fourth-order valence-electron chi connectivity index (χ4n) is 4.81. The molecule has 2 atom stereocenters. The molecule has 1 saturated carbocycles. The van der Waals surface area contributed by atoms with Gasteiger partial charge in [-0.05, 0) is 47.8 Å². The summed E-state index contributed by atoms with van der Waals surface area (Å²) in [5.74, 6) is 0.0965. The van der Waals surface area contributed by atoms with Crippen LogP contribution >= 0.6 is 0 Å². The highest BCUT2D eigenvalue weighted by Crippen LogP contribution is 2.52. The van der Waals surface area contributed by atoms with Gasteiger partial charge in [0.15, 0.2) is 0 Å². The molecule has 5 nitrogen and oxygen atoms in total. The van der Waals surface area contributed by atoms with Crippen molar-refractivity contribution in [3.05, 3.63) is 35.4 Å². The SMILES string of the molecule is CC1(C)CC2CC(C)(CN2C(=O)c2ccc(CNC(=O)O)cc2)C1. The van der Waals surface area contributed by atoms with E-state index in [-0.39, 0.29) is 17.9 Å². The fourth-order valence-corrected chi connectivity index (χ4v) is 4.81. The molecule has 2 unspecified atom stereocenters. The maximum absolute atomic E-state index is 12.9. The molecule has 1 aromatic carbocycles. The van der Waals surface area contributed by atoms with E-state index in [1.165, 1.54) is 6.42 Å². The van der Waals surface area contributed by atoms with Crippen molar-refractivity contribution >= 4 is 12.0 Å². The van der Waals surface area contributed by atoms with Gasteiger partial charge >= 0.3 is 6.09 Å². The third-order valence-electron chi connectivity index (χ3n) is 5.32. The van der Waals surface area contributed by atoms with Crippen LogP contribution in [0.2, 0.25) is 0 Å². The lowest BCUT2D eigenvalue weighted by atomic mass is 9.65. The van der Waals surface area contributed by atoms with Gasteiger partial charge in [-0.15, -0.1) is 0 Å². The predicted octanol–water partition coefficient (Wildman–Crippen LogP) is 3.50. The Labute approximate surface area is 143 Å². The zero-order valence-electron chi connectivity index (χ0n) is 14.6. The van der Waals surface area contributed by atoms with Crippen molar-refractivity contribution < 1.29 is 14.7 Å². The highest BCUT2D eigenvalue weighted by molar-refractivity contribution is 5.94. The van der Waals surface area contributed by atoms with E-state index in [0.717, 1.165) is 24.9 Å². The second kappa shape index (κ2) is 5.80. The number of fused-ring (bicyclic) bond motifs is 2. The normalized spacial score (nSPS) is 27.8. The predicted molar refractivity (Wildman–Crippen MR) is 91.9 cm³/mol. The van der Waals surface area contributed by atoms with E-state index in [9.17, 15) is 9.59 Å². The number of nitrogens with zero attached hydrogens (tertiary/aromatic N) is 1. The highest BCUT2D eigenvalue weighted by Gasteiger charge is 2.50. The number of hydrogen-bond donors (Lipinski definition) is 2. The lowest BCUT2D eigenvalue weighted by Crippen LogP contribution is -2.37. The number of rotatable bonds is 3. The third kappa shape index (κ3) is 3.40. The van der Waals surface area contributed by atoms with Crippen LogP contribution < -0.4 is 5.32 Å². The van der Waals surface area contributed by atoms with Gasteiger partial charge in [0.2, 0.25) is 0 Å². The van der Waals surface area contributed by atoms with Crippen molar-refractivity contribution in [2.75, 3.05) is 6.54 Å². The molecule has 2 amide bonds. The average Bonchev–Trinajstić information content (AvgIpc) is 2.74. The molecule has 2 aliphatic rings. The van der Waals surface area contributed by atoms with Crippen LogP contribution in [-0.2, 0) is 6.54 Å². The second-order valence-electron chi connectivity index (χ2n) is 8.50. The maximum Gasteiger partial charge on any atom is 0.404 e. The van der Waals surface area contributed by atoms with Gasteiger partial charge in [0, 0.05) is 24.7 Å². The van der Waals surface area contributed by atoms with E-state index >= 15 is 0 Å². The maximum atomic E-state index is 12.9. The van der Waals surface area contributed by atoms with Crippen LogP contribution in [0.15, 0.2) is 24.3 Å². The number of carbonyl (C=O) groups excluding carboxylic acids is 1. The fraction of sp³-hybridized carbons (Fsp3) is 0.579. The smallest absolute Gasteiger partial charge is 0.404 e. The topological polar surface area (TPSA) is 69.6 Å². The number of benzene rings is 1. The molecule has 1 saturated heterocycles. The summed E-state index contributed by atoms with van der Waals surface area (Å²) in [5, 5.41) is 11.0. The van der Waals surface area contributed by atoms with Crippen LogP contribution in [0.4, 0.5) is 4.79 Å². The number of likely N-dealkylation sites (tertiary alicyclic amines) is 1. The number of nitrogens with one attached hydrogen (secondary N) is 1. The van der Waals surface area contributed by atoms with Gasteiger partial charge in [0.25, 0.3) is 5.91 Å². The Morgan fingerprint density at radius 1 is 1.21 bits per heavy atom. The summed E-state index contributed by atoms with van der Waals surface area (Å²) in [4.78, 5) is 25.5. The second-order valence-corrected chi connectivity index (χ2v) is 8.50. The van der Waals surface area contributed by atoms with E-state index in [1.807, 2.05) is 12.1 Å². The van der Waals surface area contributed by atoms with Gasteiger partial charge in [0.1, 0.15) is 0 Å². The average molecular weight is 330 g/mol. The van der Waals surface area contributed by atoms with Gasteiger partial charge in [-0.3, -0.25) is 4.79 Å². The molecule has 1 aromatic rings. The van der Waals surface area contributed by atoms with Crippen LogP contribution in [0.3, 0.4) is 0 Å². The molecule has 2 fully saturated rings. The van der Waals surface area contributed by atoms with Crippen molar-refractivity contribution in [3.63, 3.8) is 0 Å². The zero-order valence-corrected chi connectivity index (χ0v) is 14.6. The van der Waals surface area contributed by atoms with Gasteiger partial charge < -0.3 is 15.3 Å². The number of carboxylic acid groups (broad SMARTS) is 1. The molecule has 0 radical (unpaired) electrons. The monoisotopic (exact) mass is 330 g/mol. The third-order valence-corrected chi connectivity index (χ3v) is 5.32. The van der Waals surface area contributed by atoms with Crippen molar-refractivity contribution in [1.29, 1.82) is 0 Å². The first-order chi connectivity index (χ1) is 11.2. The van der Waals surface area contributed by atoms with Crippen LogP contribution in [0.25, 0.3) is 0 Å². The molecule has 24 heavy (non-hydrogen) atoms. The molecule has 1 aliphatic heterocycles. The minimum Gasteiger partial charge on any atom is -0.465 e. The van der Waals surface area contributed by atoms with Crippen molar-refractivity contribution in [1.82, 2.24) is 10.2 Å². The lowest BCUT2D eigenvalue weighted by molar-refractivity contribution is 0.0708. The summed E-state index contributed by atoms with van der Waals surface area (Å²) >= 11 is 0. The summed E-state index contributed by atoms with van der Waals surface area (Å²) in [6.45, 7) is 7.99. The minimum absolute atomic E-state index is 0.0965. The van der Waals surface area contributed by atoms with Crippen molar-refractivity contribution in [2.45, 2.75) is 52.6 Å². The molecular weight excluding hydrogens is 304 g/mol. The summed E-state index contributed by atoms with van der Waals surface area (Å²) in [6.07, 6.45) is 2.29. The first-order valence-electron chi connectivity index (χ1n) is 8.54. The van der Waals surface area contributed by atoms with Gasteiger partial charge in [0.05, 0.1) is 0 Å². The first kappa shape index (κ1) is 16.8. The molecule has 2 N–H and O–H groups in total. The largest absolute Gasteiger partial charge is 0.465 e. The van der Waals surface area contributed by atoms with Crippen LogP contribution in [-0.4, -0.2) is 34.6 Å². The summed E-state index contributed by atoms with van der Waals surface area (Å²) < 4.78 is 0. The van der Waals surface area contributed by atoms with Crippen molar-refractivity contribution in [2.24, 2.45) is 10.8 Å². The molecule has 1 aliphatic carbocycles. The summed E-state index contributed by atoms with van der Waals surface area (Å²) in [5.41, 5.74) is 2.05. The highest BCUT2D eigenvalue weighted by atomic mass is 16.4. The Morgan fingerprint density at radius 2 is 1.88 bits per heavy atom. The van der Waals surface area contributed by atoms with E-state index in [1.54, 1.807) is 12.1 Å². The summed E-state index contributed by atoms with van der Waals surface area (Å²) in [6, 6.07) is 7.57. The molecule has 3 rings (SSSR count). The molecule has 0 aromatic heterocycles. The van der Waals surface area contributed by atoms with Gasteiger partial charge in [-0.25, -0.2) is 4.79 Å². The molecular formula is C19H26N2O3. The zero-order chi connectivity index (χ0) is 17.5. The standard InChI is InChI=1S/C19H26N2O3/c1-18(2)8-15-9-19(3,11-18)12-21(15)16(22)14-6-4-13(5-7-14)10-20-17(23)24/h4-7,15,20H,8-12H2,1-3H3,(H,23,24). The van der Waals surface area contributed by atoms with Crippen LogP contribution in [0.5, 0.6) is 0 Å². The minimum atomic E-state index is -1.05. The number of carbonyl (C=O) groups is 2. The summed E-state index contributed by atoms with van der Waals surface area (Å²) in [7, 11) is 0. The number of hydrogen-bond acceptors (Lipinski definition) is 2. The van der Waals surface area contributed by atoms with E-state index in [4.69, 9.17) is 5.11 Å². The van der Waals surface area contributed by atoms with E-state index < -0.39 is 6.09 Å². The van der Waals surface area contributed by atoms with Gasteiger partial charge in [-0.1, -0.05) is 32.9 Å². The molecule has 1 heterocycles. The van der Waals surface area contributed by atoms with Crippen LogP contribution in [0.1, 0.15) is 56.0 Å².